The predicted octanol–water partition coefficient (Wildman–Crippen LogP) is 3.15. The Hall–Kier alpha value is -1.79. The number of nitrogens with one attached hydrogen (secondary N) is 1. The summed E-state index contributed by atoms with van der Waals surface area (Å²) in [4.78, 5) is 18.5. The van der Waals surface area contributed by atoms with Crippen LogP contribution in [0.5, 0.6) is 5.75 Å². The molecule has 110 valence electrons. The number of benzene rings is 1. The maximum Gasteiger partial charge on any atom is 0.267 e. The fraction of sp³-hybridized carbons (Fsp3) is 0.286. The van der Waals surface area contributed by atoms with Crippen LogP contribution in [0.4, 0.5) is 11.4 Å². The van der Waals surface area contributed by atoms with E-state index in [2.05, 4.69) is 10.3 Å². The van der Waals surface area contributed by atoms with Gasteiger partial charge >= 0.3 is 0 Å². The number of carbonyl (C=O) groups is 1. The Balaban J connectivity index is 1.77. The molecule has 0 radical (unpaired) electrons. The molecule has 1 aromatic carbocycles. The smallest absolute Gasteiger partial charge is 0.267 e. The number of hydrogen-bond acceptors (Lipinski definition) is 5. The van der Waals surface area contributed by atoms with Crippen LogP contribution in [0, 0.1) is 0 Å². The van der Waals surface area contributed by atoms with Crippen molar-refractivity contribution in [2.45, 2.75) is 19.6 Å². The fourth-order valence-corrected chi connectivity index (χ4v) is 3.10. The summed E-state index contributed by atoms with van der Waals surface area (Å²) in [6.45, 7) is 2.40. The van der Waals surface area contributed by atoms with Crippen molar-refractivity contribution in [2.24, 2.45) is 0 Å². The van der Waals surface area contributed by atoms with Gasteiger partial charge < -0.3 is 15.0 Å². The van der Waals surface area contributed by atoms with Crippen LogP contribution in [-0.4, -0.2) is 24.0 Å². The highest BCUT2D eigenvalue weighted by Gasteiger charge is 2.28. The molecule has 5 nitrogen and oxygen atoms in total. The van der Waals surface area contributed by atoms with E-state index in [9.17, 15) is 4.79 Å². The van der Waals surface area contributed by atoms with Gasteiger partial charge in [-0.1, -0.05) is 11.6 Å². The van der Waals surface area contributed by atoms with E-state index in [1.54, 1.807) is 25.1 Å². The lowest BCUT2D eigenvalue weighted by Gasteiger charge is -2.30. The van der Waals surface area contributed by atoms with Gasteiger partial charge in [0.2, 0.25) is 0 Å². The van der Waals surface area contributed by atoms with Crippen molar-refractivity contribution in [3.8, 4) is 5.75 Å². The van der Waals surface area contributed by atoms with Gasteiger partial charge in [0, 0.05) is 29.9 Å². The van der Waals surface area contributed by atoms with Crippen LogP contribution in [0.2, 0.25) is 4.47 Å². The number of anilines is 2. The summed E-state index contributed by atoms with van der Waals surface area (Å²) in [6, 6.07) is 5.70. The van der Waals surface area contributed by atoms with Crippen LogP contribution in [0.1, 0.15) is 11.8 Å². The minimum Gasteiger partial charge on any atom is -0.479 e. The number of ether oxygens (including phenoxy) is 1. The van der Waals surface area contributed by atoms with Gasteiger partial charge in [0.05, 0.1) is 12.2 Å². The number of amides is 1. The van der Waals surface area contributed by atoms with Crippen molar-refractivity contribution in [3.63, 3.8) is 0 Å². The standard InChI is InChI=1S/C14H14ClN3O2S/c1-8-13(19)18(2)11-4-3-9(5-12(11)20-8)16-6-10-7-17-14(15)21-10/h3-5,7-8,16H,6H2,1-2H3. The van der Waals surface area contributed by atoms with Crippen LogP contribution in [0.3, 0.4) is 0 Å². The third-order valence-corrected chi connectivity index (χ3v) is 4.41. The van der Waals surface area contributed by atoms with Crippen molar-refractivity contribution in [1.29, 1.82) is 0 Å². The van der Waals surface area contributed by atoms with Crippen molar-refractivity contribution in [1.82, 2.24) is 4.98 Å². The molecule has 7 heteroatoms. The van der Waals surface area contributed by atoms with E-state index in [0.29, 0.717) is 16.8 Å². The minimum atomic E-state index is -0.460. The van der Waals surface area contributed by atoms with Gasteiger partial charge in [0.1, 0.15) is 5.75 Å². The number of thiazole rings is 1. The van der Waals surface area contributed by atoms with Crippen molar-refractivity contribution in [3.05, 3.63) is 33.7 Å². The largest absolute Gasteiger partial charge is 0.479 e. The number of hydrogen-bond donors (Lipinski definition) is 1. The summed E-state index contributed by atoms with van der Waals surface area (Å²) in [5.74, 6) is 0.666. The van der Waals surface area contributed by atoms with Crippen molar-refractivity contribution < 1.29 is 9.53 Å². The number of aromatic nitrogens is 1. The van der Waals surface area contributed by atoms with E-state index < -0.39 is 6.10 Å². The second-order valence-electron chi connectivity index (χ2n) is 4.77. The highest BCUT2D eigenvalue weighted by Crippen LogP contribution is 2.35. The fourth-order valence-electron chi connectivity index (χ4n) is 2.18. The van der Waals surface area contributed by atoms with Crippen LogP contribution in [-0.2, 0) is 11.3 Å². The van der Waals surface area contributed by atoms with Crippen molar-refractivity contribution >= 4 is 40.2 Å². The summed E-state index contributed by atoms with van der Waals surface area (Å²) in [5, 5.41) is 3.29. The van der Waals surface area contributed by atoms with Crippen LogP contribution < -0.4 is 15.0 Å². The topological polar surface area (TPSA) is 54.5 Å². The average Bonchev–Trinajstić information content (AvgIpc) is 2.88. The molecule has 1 aliphatic rings. The molecule has 0 fully saturated rings. The first-order valence-electron chi connectivity index (χ1n) is 6.47. The number of rotatable bonds is 3. The molecule has 0 bridgehead atoms. The lowest BCUT2D eigenvalue weighted by atomic mass is 10.2. The number of halogens is 1. The van der Waals surface area contributed by atoms with E-state index >= 15 is 0 Å². The molecule has 1 N–H and O–H groups in total. The SMILES string of the molecule is CC1Oc2cc(NCc3cnc(Cl)s3)ccc2N(C)C1=O. The number of likely N-dealkylation sites (N-methyl/N-ethyl adjacent to an activating group) is 1. The van der Waals surface area contributed by atoms with Gasteiger partial charge in [-0.25, -0.2) is 4.98 Å². The second-order valence-corrected chi connectivity index (χ2v) is 6.47. The number of carbonyl (C=O) groups excluding carboxylic acids is 1. The lowest BCUT2D eigenvalue weighted by molar-refractivity contribution is -0.125. The molecule has 2 heterocycles. The Kier molecular flexibility index (Phi) is 3.73. The maximum absolute atomic E-state index is 11.9. The molecular weight excluding hydrogens is 310 g/mol. The predicted molar refractivity (Wildman–Crippen MR) is 84.4 cm³/mol. The molecule has 21 heavy (non-hydrogen) atoms. The summed E-state index contributed by atoms with van der Waals surface area (Å²) in [7, 11) is 1.76. The van der Waals surface area contributed by atoms with Gasteiger partial charge in [0.25, 0.3) is 5.91 Å². The van der Waals surface area contributed by atoms with E-state index in [4.69, 9.17) is 16.3 Å². The molecule has 3 rings (SSSR count). The monoisotopic (exact) mass is 323 g/mol. The molecule has 1 atom stereocenters. The zero-order valence-electron chi connectivity index (χ0n) is 11.6. The Morgan fingerprint density at radius 2 is 2.33 bits per heavy atom. The van der Waals surface area contributed by atoms with E-state index in [1.165, 1.54) is 11.3 Å². The molecule has 0 saturated carbocycles. The van der Waals surface area contributed by atoms with Crippen LogP contribution >= 0.6 is 22.9 Å². The van der Waals surface area contributed by atoms with E-state index in [0.717, 1.165) is 16.3 Å². The first-order valence-corrected chi connectivity index (χ1v) is 7.66. The molecule has 0 spiro atoms. The zero-order chi connectivity index (χ0) is 15.0. The Morgan fingerprint density at radius 1 is 1.52 bits per heavy atom. The van der Waals surface area contributed by atoms with Gasteiger partial charge in [-0.15, -0.1) is 11.3 Å². The Bertz CT molecular complexity index is 689. The third kappa shape index (κ3) is 2.82. The average molecular weight is 324 g/mol. The third-order valence-electron chi connectivity index (χ3n) is 3.30. The highest BCUT2D eigenvalue weighted by atomic mass is 35.5. The Labute approximate surface area is 131 Å². The quantitative estimate of drug-likeness (QED) is 0.942. The van der Waals surface area contributed by atoms with Crippen LogP contribution in [0.15, 0.2) is 24.4 Å². The summed E-state index contributed by atoms with van der Waals surface area (Å²) < 4.78 is 6.19. The normalized spacial score (nSPS) is 17.4. The number of nitrogens with zero attached hydrogens (tertiary/aromatic N) is 2. The first-order chi connectivity index (χ1) is 10.0. The highest BCUT2D eigenvalue weighted by molar-refractivity contribution is 7.15. The van der Waals surface area contributed by atoms with Gasteiger partial charge in [-0.2, -0.15) is 0 Å². The summed E-state index contributed by atoms with van der Waals surface area (Å²) in [5.41, 5.74) is 1.71. The maximum atomic E-state index is 11.9. The minimum absolute atomic E-state index is 0.0393. The second kappa shape index (κ2) is 5.54. The van der Waals surface area contributed by atoms with Gasteiger partial charge in [0.15, 0.2) is 10.6 Å². The molecular formula is C14H14ClN3O2S. The summed E-state index contributed by atoms with van der Waals surface area (Å²) in [6.07, 6.45) is 1.29. The molecule has 0 saturated heterocycles. The molecule has 1 amide bonds. The lowest BCUT2D eigenvalue weighted by Crippen LogP contribution is -2.41. The molecule has 0 aliphatic carbocycles. The van der Waals surface area contributed by atoms with Crippen LogP contribution in [0.25, 0.3) is 0 Å². The first kappa shape index (κ1) is 14.2. The van der Waals surface area contributed by atoms with E-state index in [1.807, 2.05) is 18.2 Å². The molecule has 1 aromatic heterocycles. The Morgan fingerprint density at radius 3 is 3.05 bits per heavy atom. The van der Waals surface area contributed by atoms with Crippen molar-refractivity contribution in [2.75, 3.05) is 17.3 Å². The van der Waals surface area contributed by atoms with Gasteiger partial charge in [-0.3, -0.25) is 4.79 Å². The number of fused-ring (bicyclic) bond motifs is 1. The zero-order valence-corrected chi connectivity index (χ0v) is 13.2. The molecule has 2 aromatic rings. The molecule has 1 aliphatic heterocycles. The van der Waals surface area contributed by atoms with Gasteiger partial charge in [-0.05, 0) is 19.1 Å². The van der Waals surface area contributed by atoms with E-state index in [-0.39, 0.29) is 5.91 Å². The molecule has 1 unspecified atom stereocenters. The summed E-state index contributed by atoms with van der Waals surface area (Å²) >= 11 is 7.25.